The molecule has 3 nitrogen and oxygen atoms in total. The van der Waals surface area contributed by atoms with E-state index < -0.39 is 23.7 Å². The van der Waals surface area contributed by atoms with Gasteiger partial charge in [0.05, 0.1) is 11.6 Å². The summed E-state index contributed by atoms with van der Waals surface area (Å²) in [4.78, 5) is 11.5. The summed E-state index contributed by atoms with van der Waals surface area (Å²) in [5.41, 5.74) is 4.51. The topological polar surface area (TPSA) is 55.1 Å². The molecule has 7 heteroatoms. The molecule has 0 aliphatic carbocycles. The number of hydrogen-bond acceptors (Lipinski definition) is 2. The molecule has 0 radical (unpaired) electrons. The van der Waals surface area contributed by atoms with Gasteiger partial charge in [-0.2, -0.15) is 13.2 Å². The smallest absolute Gasteiger partial charge is 0.325 e. The molecule has 0 unspecified atom stereocenters. The second-order valence-electron chi connectivity index (χ2n) is 3.73. The number of anilines is 1. The van der Waals surface area contributed by atoms with Crippen LogP contribution in [0.3, 0.4) is 0 Å². The normalized spacial score (nSPS) is 13.2. The fourth-order valence-electron chi connectivity index (χ4n) is 1.25. The molecule has 0 saturated carbocycles. The van der Waals surface area contributed by atoms with Gasteiger partial charge in [-0.15, -0.1) is 0 Å². The van der Waals surface area contributed by atoms with Crippen LogP contribution in [0.2, 0.25) is 5.02 Å². The first-order valence-corrected chi connectivity index (χ1v) is 5.56. The van der Waals surface area contributed by atoms with Crippen molar-refractivity contribution >= 4 is 23.2 Å². The molecule has 100 valence electrons. The Morgan fingerprint density at radius 2 is 2.06 bits per heavy atom. The Bertz CT molecular complexity index is 448. The van der Waals surface area contributed by atoms with E-state index in [9.17, 15) is 18.0 Å². The van der Waals surface area contributed by atoms with Gasteiger partial charge in [-0.05, 0) is 24.6 Å². The van der Waals surface area contributed by atoms with Crippen LogP contribution in [0.25, 0.3) is 0 Å². The van der Waals surface area contributed by atoms with Gasteiger partial charge in [0.1, 0.15) is 0 Å². The number of nitrogens with one attached hydrogen (secondary N) is 1. The van der Waals surface area contributed by atoms with Crippen molar-refractivity contribution in [1.29, 1.82) is 0 Å². The third kappa shape index (κ3) is 3.89. The molecule has 0 aliphatic heterocycles. The molecule has 3 N–H and O–H groups in total. The highest BCUT2D eigenvalue weighted by Crippen LogP contribution is 2.33. The van der Waals surface area contributed by atoms with Crippen molar-refractivity contribution in [1.82, 2.24) is 0 Å². The number of nitrogens with two attached hydrogens (primary N) is 1. The zero-order chi connectivity index (χ0) is 13.9. The van der Waals surface area contributed by atoms with Gasteiger partial charge in [0.15, 0.2) is 0 Å². The van der Waals surface area contributed by atoms with Crippen LogP contribution in [0.5, 0.6) is 0 Å². The van der Waals surface area contributed by atoms with Crippen molar-refractivity contribution in [3.8, 4) is 0 Å². The van der Waals surface area contributed by atoms with Gasteiger partial charge in [-0.25, -0.2) is 0 Å². The van der Waals surface area contributed by atoms with Gasteiger partial charge in [0.25, 0.3) is 0 Å². The molecular weight excluding hydrogens is 269 g/mol. The first-order valence-electron chi connectivity index (χ1n) is 5.18. The molecule has 0 aromatic heterocycles. The highest BCUT2D eigenvalue weighted by atomic mass is 35.5. The van der Waals surface area contributed by atoms with Crippen molar-refractivity contribution < 1.29 is 18.0 Å². The third-order valence-electron chi connectivity index (χ3n) is 2.27. The van der Waals surface area contributed by atoms with E-state index in [-0.39, 0.29) is 10.7 Å². The van der Waals surface area contributed by atoms with Gasteiger partial charge in [0, 0.05) is 10.7 Å². The number of benzene rings is 1. The van der Waals surface area contributed by atoms with Gasteiger partial charge < -0.3 is 11.1 Å². The van der Waals surface area contributed by atoms with Gasteiger partial charge in [-0.3, -0.25) is 4.79 Å². The molecule has 0 heterocycles. The van der Waals surface area contributed by atoms with Crippen LogP contribution in [0.1, 0.15) is 18.9 Å². The molecule has 1 atom stereocenters. The summed E-state index contributed by atoms with van der Waals surface area (Å²) >= 11 is 5.57. The average molecular weight is 281 g/mol. The minimum atomic E-state index is -4.52. The number of carbonyl (C=O) groups excluding carboxylic acids is 1. The predicted octanol–water partition coefficient (Wildman–Crippen LogP) is 3.03. The Kier molecular flexibility index (Phi) is 4.59. The lowest BCUT2D eigenvalue weighted by molar-refractivity contribution is -0.137. The molecule has 0 saturated heterocycles. The van der Waals surface area contributed by atoms with E-state index in [1.165, 1.54) is 6.07 Å². The Labute approximate surface area is 107 Å². The summed E-state index contributed by atoms with van der Waals surface area (Å²) in [6.45, 7) is 1.70. The maximum absolute atomic E-state index is 12.5. The molecule has 18 heavy (non-hydrogen) atoms. The Balaban J connectivity index is 2.97. The van der Waals surface area contributed by atoms with Crippen LogP contribution in [0.4, 0.5) is 18.9 Å². The average Bonchev–Trinajstić information content (AvgIpc) is 2.25. The Morgan fingerprint density at radius 1 is 1.44 bits per heavy atom. The fourth-order valence-corrected chi connectivity index (χ4v) is 1.48. The zero-order valence-electron chi connectivity index (χ0n) is 9.51. The highest BCUT2D eigenvalue weighted by Gasteiger charge is 2.31. The molecule has 0 aliphatic rings. The van der Waals surface area contributed by atoms with Crippen LogP contribution in [-0.2, 0) is 11.0 Å². The van der Waals surface area contributed by atoms with E-state index in [1.807, 2.05) is 0 Å². The van der Waals surface area contributed by atoms with Gasteiger partial charge in [0.2, 0.25) is 5.91 Å². The molecule has 1 aromatic rings. The number of carbonyl (C=O) groups is 1. The van der Waals surface area contributed by atoms with Gasteiger partial charge in [-0.1, -0.05) is 18.5 Å². The minimum absolute atomic E-state index is 0.0243. The largest absolute Gasteiger partial charge is 0.416 e. The summed E-state index contributed by atoms with van der Waals surface area (Å²) in [6.07, 6.45) is -4.13. The monoisotopic (exact) mass is 280 g/mol. The molecule has 0 bridgehead atoms. The first-order chi connectivity index (χ1) is 8.24. The number of alkyl halides is 3. The summed E-state index contributed by atoms with van der Waals surface area (Å²) in [5, 5.41) is 2.19. The fraction of sp³-hybridized carbons (Fsp3) is 0.364. The molecular formula is C11H12ClF3N2O. The SMILES string of the molecule is CC[C@@H](N)C(=O)Nc1cc(Cl)cc(C(F)(F)F)c1. The van der Waals surface area contributed by atoms with E-state index in [1.54, 1.807) is 6.92 Å². The maximum Gasteiger partial charge on any atom is 0.416 e. The number of hydrogen-bond donors (Lipinski definition) is 2. The first kappa shape index (κ1) is 14.8. The van der Waals surface area contributed by atoms with Crippen LogP contribution < -0.4 is 11.1 Å². The predicted molar refractivity (Wildman–Crippen MR) is 63.4 cm³/mol. The van der Waals surface area contributed by atoms with Gasteiger partial charge >= 0.3 is 6.18 Å². The highest BCUT2D eigenvalue weighted by molar-refractivity contribution is 6.31. The lowest BCUT2D eigenvalue weighted by Gasteiger charge is -2.13. The Hall–Kier alpha value is -1.27. The third-order valence-corrected chi connectivity index (χ3v) is 2.49. The standard InChI is InChI=1S/C11H12ClF3N2O/c1-2-9(16)10(18)17-8-4-6(11(13,14)15)3-7(12)5-8/h3-5,9H,2,16H2,1H3,(H,17,18)/t9-/m1/s1. The lowest BCUT2D eigenvalue weighted by atomic mass is 10.1. The second-order valence-corrected chi connectivity index (χ2v) is 4.17. The van der Waals surface area contributed by atoms with Crippen LogP contribution in [0, 0.1) is 0 Å². The second kappa shape index (κ2) is 5.58. The number of amides is 1. The summed E-state index contributed by atoms with van der Waals surface area (Å²) in [6, 6.07) is 2.07. The maximum atomic E-state index is 12.5. The van der Waals surface area contributed by atoms with Crippen molar-refractivity contribution in [2.24, 2.45) is 5.73 Å². The molecule has 1 aromatic carbocycles. The van der Waals surface area contributed by atoms with E-state index in [2.05, 4.69) is 5.32 Å². The van der Waals surface area contributed by atoms with Crippen molar-refractivity contribution in [2.45, 2.75) is 25.6 Å². The van der Waals surface area contributed by atoms with Crippen molar-refractivity contribution in [3.05, 3.63) is 28.8 Å². The molecule has 0 fully saturated rings. The van der Waals surface area contributed by atoms with Crippen LogP contribution in [-0.4, -0.2) is 11.9 Å². The number of halogens is 4. The van der Waals surface area contributed by atoms with E-state index in [0.29, 0.717) is 6.42 Å². The Morgan fingerprint density at radius 3 is 2.56 bits per heavy atom. The van der Waals surface area contributed by atoms with Crippen LogP contribution in [0.15, 0.2) is 18.2 Å². The molecule has 0 spiro atoms. The van der Waals surface area contributed by atoms with E-state index in [4.69, 9.17) is 17.3 Å². The number of rotatable bonds is 3. The zero-order valence-corrected chi connectivity index (χ0v) is 10.3. The summed E-state index contributed by atoms with van der Waals surface area (Å²) in [7, 11) is 0. The lowest BCUT2D eigenvalue weighted by Crippen LogP contribution is -2.34. The summed E-state index contributed by atoms with van der Waals surface area (Å²) < 4.78 is 37.5. The quantitative estimate of drug-likeness (QED) is 0.894. The minimum Gasteiger partial charge on any atom is -0.325 e. The molecule has 1 amide bonds. The van der Waals surface area contributed by atoms with E-state index >= 15 is 0 Å². The summed E-state index contributed by atoms with van der Waals surface area (Å²) in [5.74, 6) is -0.548. The van der Waals surface area contributed by atoms with Crippen molar-refractivity contribution in [2.75, 3.05) is 5.32 Å². The van der Waals surface area contributed by atoms with Crippen molar-refractivity contribution in [3.63, 3.8) is 0 Å². The van der Waals surface area contributed by atoms with E-state index in [0.717, 1.165) is 12.1 Å². The van der Waals surface area contributed by atoms with Crippen LogP contribution >= 0.6 is 11.6 Å². The molecule has 1 rings (SSSR count).